The maximum absolute atomic E-state index is 11.6. The first-order valence-electron chi connectivity index (χ1n) is 5.79. The molecule has 0 saturated heterocycles. The Labute approximate surface area is 111 Å². The van der Waals surface area contributed by atoms with Crippen molar-refractivity contribution in [2.24, 2.45) is 5.92 Å². The van der Waals surface area contributed by atoms with Crippen molar-refractivity contribution < 1.29 is 14.7 Å². The van der Waals surface area contributed by atoms with Crippen molar-refractivity contribution in [2.45, 2.75) is 26.2 Å². The third-order valence-corrected chi connectivity index (χ3v) is 3.02. The van der Waals surface area contributed by atoms with Crippen molar-refractivity contribution in [3.8, 4) is 0 Å². The monoisotopic (exact) mass is 268 g/mol. The van der Waals surface area contributed by atoms with Crippen molar-refractivity contribution >= 4 is 29.2 Å². The average Bonchev–Trinajstić information content (AvgIpc) is 2.32. The number of carboxylic acids is 1. The predicted molar refractivity (Wildman–Crippen MR) is 68.1 cm³/mol. The van der Waals surface area contributed by atoms with Crippen LogP contribution in [-0.4, -0.2) is 11.9 Å². The van der Waals surface area contributed by atoms with E-state index in [0.29, 0.717) is 17.1 Å². The van der Waals surface area contributed by atoms with Crippen LogP contribution in [0.4, 0.5) is 5.69 Å². The van der Waals surface area contributed by atoms with Gasteiger partial charge in [-0.1, -0.05) is 30.7 Å². The van der Waals surface area contributed by atoms with Gasteiger partial charge in [0.15, 0.2) is 0 Å². The molecule has 0 spiro atoms. The van der Waals surface area contributed by atoms with Crippen LogP contribution in [-0.2, 0) is 9.59 Å². The van der Waals surface area contributed by atoms with Crippen molar-refractivity contribution in [3.63, 3.8) is 0 Å². The summed E-state index contributed by atoms with van der Waals surface area (Å²) in [6.45, 7) is 1.76. The molecule has 0 aliphatic carbocycles. The Balaban J connectivity index is 2.48. The molecule has 0 unspecified atom stereocenters. The zero-order chi connectivity index (χ0) is 13.5. The Hall–Kier alpha value is -1.55. The number of carboxylic acid groups (broad SMARTS) is 1. The minimum Gasteiger partial charge on any atom is -0.550 e. The minimum atomic E-state index is -1.11. The van der Waals surface area contributed by atoms with E-state index in [1.165, 1.54) is 0 Å². The number of amides is 1. The van der Waals surface area contributed by atoms with Gasteiger partial charge in [0.05, 0.1) is 10.7 Å². The molecule has 1 aromatic carbocycles. The topological polar surface area (TPSA) is 69.2 Å². The largest absolute Gasteiger partial charge is 0.550 e. The number of halogens is 1. The van der Waals surface area contributed by atoms with Gasteiger partial charge in [-0.3, -0.25) is 4.79 Å². The number of benzene rings is 1. The quantitative estimate of drug-likeness (QED) is 0.856. The fourth-order valence-electron chi connectivity index (χ4n) is 1.57. The van der Waals surface area contributed by atoms with Gasteiger partial charge in [0.25, 0.3) is 0 Å². The third kappa shape index (κ3) is 4.37. The fraction of sp³-hybridized carbons (Fsp3) is 0.385. The normalized spacial score (nSPS) is 11.9. The van der Waals surface area contributed by atoms with Gasteiger partial charge in [-0.2, -0.15) is 0 Å². The summed E-state index contributed by atoms with van der Waals surface area (Å²) in [4.78, 5) is 22.3. The summed E-state index contributed by atoms with van der Waals surface area (Å²) in [5.74, 6) is -1.94. The molecule has 0 aromatic heterocycles. The van der Waals surface area contributed by atoms with E-state index in [0.717, 1.165) is 0 Å². The van der Waals surface area contributed by atoms with Crippen molar-refractivity contribution in [3.05, 3.63) is 29.3 Å². The van der Waals surface area contributed by atoms with Crippen LogP contribution in [0.5, 0.6) is 0 Å². The molecule has 1 rings (SSSR count). The fourth-order valence-corrected chi connectivity index (χ4v) is 1.75. The molecule has 0 fully saturated rings. The number of anilines is 1. The lowest BCUT2D eigenvalue weighted by atomic mass is 10.0. The molecule has 4 nitrogen and oxygen atoms in total. The summed E-state index contributed by atoms with van der Waals surface area (Å²) >= 11 is 5.89. The molecule has 0 bridgehead atoms. The van der Waals surface area contributed by atoms with Gasteiger partial charge in [0.1, 0.15) is 0 Å². The van der Waals surface area contributed by atoms with Crippen molar-refractivity contribution in [2.75, 3.05) is 5.32 Å². The summed E-state index contributed by atoms with van der Waals surface area (Å²) in [7, 11) is 0. The number of hydrogen-bond donors (Lipinski definition) is 1. The van der Waals surface area contributed by atoms with Crippen LogP contribution in [0.25, 0.3) is 0 Å². The van der Waals surface area contributed by atoms with Crippen molar-refractivity contribution in [1.82, 2.24) is 0 Å². The molecule has 0 heterocycles. The van der Waals surface area contributed by atoms with Gasteiger partial charge in [-0.15, -0.1) is 0 Å². The second-order valence-corrected chi connectivity index (χ2v) is 4.40. The van der Waals surface area contributed by atoms with Crippen LogP contribution in [0.3, 0.4) is 0 Å². The molecule has 1 amide bonds. The Morgan fingerprint density at radius 1 is 1.39 bits per heavy atom. The molecular weight excluding hydrogens is 254 g/mol. The second-order valence-electron chi connectivity index (χ2n) is 3.99. The second kappa shape index (κ2) is 7.01. The number of hydrogen-bond acceptors (Lipinski definition) is 3. The summed E-state index contributed by atoms with van der Waals surface area (Å²) in [6, 6.07) is 6.89. The first-order chi connectivity index (χ1) is 8.54. The van der Waals surface area contributed by atoms with Gasteiger partial charge >= 0.3 is 0 Å². The zero-order valence-electron chi connectivity index (χ0n) is 10.1. The Morgan fingerprint density at radius 2 is 2.06 bits per heavy atom. The standard InChI is InChI=1S/C13H16ClNO3/c1-2-9(13(17)18)7-8-12(16)15-11-6-4-3-5-10(11)14/h3-6,9H,2,7-8H2,1H3,(H,15,16)(H,17,18)/p-1/t9-/m1/s1. The predicted octanol–water partition coefficient (Wildman–Crippen LogP) is 1.83. The van der Waals surface area contributed by atoms with Gasteiger partial charge in [-0.05, 0) is 30.9 Å². The van der Waals surface area contributed by atoms with Crippen molar-refractivity contribution in [1.29, 1.82) is 0 Å². The summed E-state index contributed by atoms with van der Waals surface area (Å²) in [5, 5.41) is 13.8. The zero-order valence-corrected chi connectivity index (χ0v) is 10.9. The number of carbonyl (C=O) groups excluding carboxylic acids is 2. The highest BCUT2D eigenvalue weighted by Crippen LogP contribution is 2.21. The molecule has 18 heavy (non-hydrogen) atoms. The van der Waals surface area contributed by atoms with E-state index < -0.39 is 11.9 Å². The van der Waals surface area contributed by atoms with E-state index >= 15 is 0 Å². The summed E-state index contributed by atoms with van der Waals surface area (Å²) in [6.07, 6.45) is 0.870. The molecule has 1 atom stereocenters. The molecule has 0 aliphatic heterocycles. The van der Waals surface area contributed by atoms with E-state index in [1.807, 2.05) is 0 Å². The summed E-state index contributed by atoms with van der Waals surface area (Å²) < 4.78 is 0. The number of nitrogens with one attached hydrogen (secondary N) is 1. The molecule has 0 saturated carbocycles. The maximum Gasteiger partial charge on any atom is 0.224 e. The number of para-hydroxylation sites is 1. The van der Waals surface area contributed by atoms with Gasteiger partial charge in [0.2, 0.25) is 5.91 Å². The van der Waals surface area contributed by atoms with Gasteiger partial charge < -0.3 is 15.2 Å². The number of aliphatic carboxylic acids is 1. The third-order valence-electron chi connectivity index (χ3n) is 2.69. The first-order valence-corrected chi connectivity index (χ1v) is 6.17. The van der Waals surface area contributed by atoms with Crippen LogP contribution >= 0.6 is 11.6 Å². The smallest absolute Gasteiger partial charge is 0.224 e. The highest BCUT2D eigenvalue weighted by atomic mass is 35.5. The van der Waals surface area contributed by atoms with E-state index in [-0.39, 0.29) is 18.7 Å². The molecule has 0 aliphatic rings. The van der Waals surface area contributed by atoms with E-state index in [1.54, 1.807) is 31.2 Å². The molecule has 98 valence electrons. The van der Waals surface area contributed by atoms with Gasteiger partial charge in [-0.25, -0.2) is 0 Å². The maximum atomic E-state index is 11.6. The number of carbonyl (C=O) groups is 2. The Bertz CT molecular complexity index is 434. The van der Waals surface area contributed by atoms with Gasteiger partial charge in [0, 0.05) is 12.4 Å². The number of rotatable bonds is 6. The summed E-state index contributed by atoms with van der Waals surface area (Å²) in [5.41, 5.74) is 0.533. The SMILES string of the molecule is CC[C@H](CCC(=O)Nc1ccccc1Cl)C(=O)[O-]. The molecule has 1 N–H and O–H groups in total. The molecular formula is C13H15ClNO3-. The molecule has 1 aromatic rings. The molecule has 0 radical (unpaired) electrons. The van der Waals surface area contributed by atoms with E-state index in [2.05, 4.69) is 5.32 Å². The van der Waals surface area contributed by atoms with E-state index in [4.69, 9.17) is 11.6 Å². The lowest BCUT2D eigenvalue weighted by Crippen LogP contribution is -2.31. The molecule has 5 heteroatoms. The Kier molecular flexibility index (Phi) is 5.65. The first kappa shape index (κ1) is 14.5. The van der Waals surface area contributed by atoms with Crippen LogP contribution < -0.4 is 10.4 Å². The van der Waals surface area contributed by atoms with E-state index in [9.17, 15) is 14.7 Å². The lowest BCUT2D eigenvalue weighted by molar-refractivity contribution is -0.311. The Morgan fingerprint density at radius 3 is 2.61 bits per heavy atom. The minimum absolute atomic E-state index is 0.137. The van der Waals surface area contributed by atoms with Crippen LogP contribution in [0.1, 0.15) is 26.2 Å². The lowest BCUT2D eigenvalue weighted by Gasteiger charge is -2.15. The highest BCUT2D eigenvalue weighted by molar-refractivity contribution is 6.33. The average molecular weight is 269 g/mol. The van der Waals surface area contributed by atoms with Crippen LogP contribution in [0.2, 0.25) is 5.02 Å². The van der Waals surface area contributed by atoms with Crippen LogP contribution in [0, 0.1) is 5.92 Å². The highest BCUT2D eigenvalue weighted by Gasteiger charge is 2.11. The van der Waals surface area contributed by atoms with Crippen LogP contribution in [0.15, 0.2) is 24.3 Å².